The van der Waals surface area contributed by atoms with Gasteiger partial charge in [0.1, 0.15) is 0 Å². The molecule has 0 aliphatic carbocycles. The van der Waals surface area contributed by atoms with Crippen molar-refractivity contribution in [1.82, 2.24) is 4.98 Å². The van der Waals surface area contributed by atoms with Crippen LogP contribution in [0.25, 0.3) is 21.0 Å². The van der Waals surface area contributed by atoms with Gasteiger partial charge in [-0.1, -0.05) is 48.2 Å². The van der Waals surface area contributed by atoms with Crippen molar-refractivity contribution in [2.24, 2.45) is 0 Å². The average molecular weight is 380 g/mol. The summed E-state index contributed by atoms with van der Waals surface area (Å²) in [6, 6.07) is 18.2. The lowest BCUT2D eigenvalue weighted by atomic mass is 10.1. The minimum absolute atomic E-state index is 0.0333. The van der Waals surface area contributed by atoms with E-state index < -0.39 is 4.92 Å². The van der Waals surface area contributed by atoms with E-state index in [0.717, 1.165) is 19.8 Å². The lowest BCUT2D eigenvalue weighted by Crippen LogP contribution is -2.01. The third-order valence-corrected chi connectivity index (χ3v) is 6.12. The predicted octanol–water partition coefficient (Wildman–Crippen LogP) is 5.33. The van der Waals surface area contributed by atoms with E-state index in [4.69, 9.17) is 0 Å². The summed E-state index contributed by atoms with van der Waals surface area (Å²) in [5.74, 6) is 0.311. The Morgan fingerprint density at radius 3 is 2.69 bits per heavy atom. The molecule has 4 aromatic rings. The number of nitro groups is 1. The van der Waals surface area contributed by atoms with E-state index in [-0.39, 0.29) is 17.2 Å². The van der Waals surface area contributed by atoms with E-state index in [1.165, 1.54) is 35.2 Å². The van der Waals surface area contributed by atoms with E-state index in [1.807, 2.05) is 42.5 Å². The molecule has 0 saturated heterocycles. The largest absolute Gasteiger partial charge is 0.293 e. The second-order valence-corrected chi connectivity index (χ2v) is 7.92. The molecule has 26 heavy (non-hydrogen) atoms. The molecule has 128 valence electrons. The van der Waals surface area contributed by atoms with Crippen LogP contribution in [0.1, 0.15) is 10.4 Å². The van der Waals surface area contributed by atoms with Crippen molar-refractivity contribution in [3.63, 3.8) is 0 Å². The highest BCUT2D eigenvalue weighted by atomic mass is 32.2. The Morgan fingerprint density at radius 2 is 1.88 bits per heavy atom. The van der Waals surface area contributed by atoms with Crippen LogP contribution in [-0.2, 0) is 0 Å². The number of thiazole rings is 1. The second kappa shape index (κ2) is 6.86. The van der Waals surface area contributed by atoms with E-state index in [2.05, 4.69) is 4.98 Å². The van der Waals surface area contributed by atoms with Crippen LogP contribution >= 0.6 is 23.1 Å². The first-order valence-electron chi connectivity index (χ1n) is 7.80. The second-order valence-electron chi connectivity index (χ2n) is 5.66. The molecule has 0 saturated carbocycles. The molecule has 0 fully saturated rings. The molecule has 7 heteroatoms. The number of thioether (sulfide) groups is 1. The fourth-order valence-electron chi connectivity index (χ4n) is 2.64. The maximum Gasteiger partial charge on any atom is 0.270 e. The number of fused-ring (bicyclic) bond motifs is 2. The normalized spacial score (nSPS) is 11.1. The first kappa shape index (κ1) is 16.7. The maximum absolute atomic E-state index is 12.5. The molecule has 0 N–H and O–H groups in total. The van der Waals surface area contributed by atoms with Crippen LogP contribution in [0.15, 0.2) is 65.0 Å². The zero-order valence-corrected chi connectivity index (χ0v) is 15.0. The van der Waals surface area contributed by atoms with Crippen LogP contribution < -0.4 is 0 Å². The van der Waals surface area contributed by atoms with Crippen LogP contribution in [0.4, 0.5) is 5.69 Å². The highest BCUT2D eigenvalue weighted by molar-refractivity contribution is 8.01. The van der Waals surface area contributed by atoms with Gasteiger partial charge < -0.3 is 0 Å². The molecule has 3 aromatic carbocycles. The quantitative estimate of drug-likeness (QED) is 0.202. The molecule has 5 nitrogen and oxygen atoms in total. The number of carbonyl (C=O) groups excluding carboxylic acids is 1. The summed E-state index contributed by atoms with van der Waals surface area (Å²) in [5.41, 5.74) is 1.43. The van der Waals surface area contributed by atoms with Crippen LogP contribution in [0.5, 0.6) is 0 Å². The lowest BCUT2D eigenvalue weighted by Gasteiger charge is -2.02. The molecule has 0 amide bonds. The number of Topliss-reactive ketones (excluding diaryl/α,β-unsaturated/α-hetero) is 1. The molecule has 0 unspecified atom stereocenters. The van der Waals surface area contributed by atoms with Gasteiger partial charge in [-0.3, -0.25) is 14.9 Å². The van der Waals surface area contributed by atoms with Crippen molar-refractivity contribution in [2.75, 3.05) is 5.75 Å². The number of rotatable bonds is 5. The van der Waals surface area contributed by atoms with Gasteiger partial charge in [-0.2, -0.15) is 0 Å². The summed E-state index contributed by atoms with van der Waals surface area (Å²) in [5, 5.41) is 13.0. The summed E-state index contributed by atoms with van der Waals surface area (Å²) < 4.78 is 1.48. The van der Waals surface area contributed by atoms with Gasteiger partial charge in [0.05, 0.1) is 20.9 Å². The summed E-state index contributed by atoms with van der Waals surface area (Å²) in [4.78, 5) is 27.4. The highest BCUT2D eigenvalue weighted by Crippen LogP contribution is 2.32. The Kier molecular flexibility index (Phi) is 4.40. The smallest absolute Gasteiger partial charge is 0.270 e. The molecular weight excluding hydrogens is 368 g/mol. The lowest BCUT2D eigenvalue weighted by molar-refractivity contribution is -0.384. The topological polar surface area (TPSA) is 73.1 Å². The monoisotopic (exact) mass is 380 g/mol. The molecule has 4 rings (SSSR count). The number of nitrogens with zero attached hydrogens (tertiary/aromatic N) is 2. The molecule has 0 aliphatic heterocycles. The van der Waals surface area contributed by atoms with Gasteiger partial charge in [-0.05, 0) is 22.9 Å². The van der Waals surface area contributed by atoms with Gasteiger partial charge in [-0.25, -0.2) is 4.98 Å². The molecular formula is C19H12N2O3S2. The number of non-ortho nitro benzene ring substituents is 1. The highest BCUT2D eigenvalue weighted by Gasteiger charge is 2.13. The Balaban J connectivity index is 1.51. The molecule has 0 bridgehead atoms. The van der Waals surface area contributed by atoms with Crippen molar-refractivity contribution < 1.29 is 9.72 Å². The van der Waals surface area contributed by atoms with E-state index in [9.17, 15) is 14.9 Å². The fraction of sp³-hybridized carbons (Fsp3) is 0.0526. The minimum atomic E-state index is -0.421. The number of carbonyl (C=O) groups is 1. The van der Waals surface area contributed by atoms with Crippen molar-refractivity contribution >= 4 is 55.6 Å². The van der Waals surface area contributed by atoms with Crippen LogP contribution in [-0.4, -0.2) is 21.4 Å². The Bertz CT molecular complexity index is 1150. The minimum Gasteiger partial charge on any atom is -0.293 e. The Morgan fingerprint density at radius 1 is 1.08 bits per heavy atom. The van der Waals surface area contributed by atoms with Crippen LogP contribution in [0, 0.1) is 10.1 Å². The van der Waals surface area contributed by atoms with Gasteiger partial charge in [0, 0.05) is 17.7 Å². The van der Waals surface area contributed by atoms with Crippen molar-refractivity contribution in [2.45, 2.75) is 4.34 Å². The third kappa shape index (κ3) is 3.31. The van der Waals surface area contributed by atoms with Gasteiger partial charge >= 0.3 is 0 Å². The van der Waals surface area contributed by atoms with Gasteiger partial charge in [-0.15, -0.1) is 11.3 Å². The van der Waals surface area contributed by atoms with Gasteiger partial charge in [0.2, 0.25) is 0 Å². The number of hydrogen-bond donors (Lipinski definition) is 0. The molecule has 0 aliphatic rings. The van der Waals surface area contributed by atoms with Crippen LogP contribution in [0.3, 0.4) is 0 Å². The number of aromatic nitrogens is 1. The predicted molar refractivity (Wildman–Crippen MR) is 105 cm³/mol. The zero-order chi connectivity index (χ0) is 18.1. The standard InChI is InChI=1S/C19H12N2O3S2/c22-17(14-6-5-12-3-1-2-4-13(12)9-14)11-25-19-20-16-8-7-15(21(23)24)10-18(16)26-19/h1-10H,11H2. The van der Waals surface area contributed by atoms with Crippen molar-refractivity contribution in [3.8, 4) is 0 Å². The Labute approximate surface area is 156 Å². The molecule has 1 heterocycles. The van der Waals surface area contributed by atoms with Gasteiger partial charge in [0.25, 0.3) is 5.69 Å². The van der Waals surface area contributed by atoms with Crippen molar-refractivity contribution in [3.05, 3.63) is 76.3 Å². The van der Waals surface area contributed by atoms with Gasteiger partial charge in [0.15, 0.2) is 10.1 Å². The van der Waals surface area contributed by atoms with E-state index >= 15 is 0 Å². The van der Waals surface area contributed by atoms with Crippen molar-refractivity contribution in [1.29, 1.82) is 0 Å². The first-order valence-corrected chi connectivity index (χ1v) is 9.60. The van der Waals surface area contributed by atoms with E-state index in [1.54, 1.807) is 6.07 Å². The molecule has 1 aromatic heterocycles. The summed E-state index contributed by atoms with van der Waals surface area (Å²) in [6.07, 6.45) is 0. The molecule has 0 spiro atoms. The Hall–Kier alpha value is -2.77. The molecule has 0 radical (unpaired) electrons. The van der Waals surface area contributed by atoms with E-state index in [0.29, 0.717) is 11.1 Å². The molecule has 0 atom stereocenters. The summed E-state index contributed by atoms with van der Waals surface area (Å²) in [6.45, 7) is 0. The number of nitro benzene ring substituents is 1. The first-order chi connectivity index (χ1) is 12.6. The SMILES string of the molecule is O=C(CSc1nc2ccc([N+](=O)[O-])cc2s1)c1ccc2ccccc2c1. The zero-order valence-electron chi connectivity index (χ0n) is 13.4. The fourth-order valence-corrected chi connectivity index (χ4v) is 4.64. The number of hydrogen-bond acceptors (Lipinski definition) is 6. The summed E-state index contributed by atoms with van der Waals surface area (Å²) in [7, 11) is 0. The number of ketones is 1. The average Bonchev–Trinajstić information content (AvgIpc) is 3.07. The summed E-state index contributed by atoms with van der Waals surface area (Å²) >= 11 is 2.72. The van der Waals surface area contributed by atoms with Crippen LogP contribution in [0.2, 0.25) is 0 Å². The third-order valence-electron chi connectivity index (χ3n) is 3.96. The number of benzene rings is 3. The maximum atomic E-state index is 12.5.